The van der Waals surface area contributed by atoms with Crippen LogP contribution in [0.4, 0.5) is 10.5 Å². The molecule has 0 unspecified atom stereocenters. The van der Waals surface area contributed by atoms with Crippen molar-refractivity contribution in [1.29, 1.82) is 5.41 Å². The second-order valence-corrected chi connectivity index (χ2v) is 8.55. The standard InChI is InChI=1S/C21H34N4O3/c1-6-8-15(22)17-16(9-12-23-18(17)26)24-21(7-2)10-13-25(14-11-21)19(27)28-20(3,4)5/h9,12,22H,6-8,10-11,13-14H2,1-5H3,(H2,23,24,26). The molecule has 7 heteroatoms. The van der Waals surface area contributed by atoms with Crippen LogP contribution in [0.5, 0.6) is 0 Å². The van der Waals surface area contributed by atoms with Crippen molar-refractivity contribution in [3.63, 3.8) is 0 Å². The maximum atomic E-state index is 12.4. The number of piperidine rings is 1. The van der Waals surface area contributed by atoms with E-state index < -0.39 is 5.60 Å². The Labute approximate surface area is 167 Å². The molecule has 1 fully saturated rings. The number of carbonyl (C=O) groups excluding carboxylic acids is 1. The third kappa shape index (κ3) is 5.36. The van der Waals surface area contributed by atoms with Crippen molar-refractivity contribution >= 4 is 17.5 Å². The molecule has 1 saturated heterocycles. The lowest BCUT2D eigenvalue weighted by Gasteiger charge is -2.43. The van der Waals surface area contributed by atoms with Crippen LogP contribution in [-0.2, 0) is 4.74 Å². The van der Waals surface area contributed by atoms with Crippen LogP contribution in [0.25, 0.3) is 0 Å². The Morgan fingerprint density at radius 2 is 1.96 bits per heavy atom. The van der Waals surface area contributed by atoms with E-state index >= 15 is 0 Å². The van der Waals surface area contributed by atoms with Gasteiger partial charge in [-0.2, -0.15) is 0 Å². The Bertz CT molecular complexity index is 756. The highest BCUT2D eigenvalue weighted by atomic mass is 16.6. The summed E-state index contributed by atoms with van der Waals surface area (Å²) in [6.45, 7) is 10.9. The van der Waals surface area contributed by atoms with Gasteiger partial charge in [-0.1, -0.05) is 20.3 Å². The number of aromatic amines is 1. The summed E-state index contributed by atoms with van der Waals surface area (Å²) in [4.78, 5) is 29.1. The highest BCUT2D eigenvalue weighted by molar-refractivity contribution is 6.02. The second-order valence-electron chi connectivity index (χ2n) is 8.55. The van der Waals surface area contributed by atoms with Crippen LogP contribution in [0.2, 0.25) is 0 Å². The van der Waals surface area contributed by atoms with Gasteiger partial charge >= 0.3 is 6.09 Å². The number of H-pyrrole nitrogens is 1. The van der Waals surface area contributed by atoms with Gasteiger partial charge in [0.25, 0.3) is 5.56 Å². The van der Waals surface area contributed by atoms with E-state index in [4.69, 9.17) is 10.1 Å². The molecule has 1 amide bonds. The van der Waals surface area contributed by atoms with Crippen molar-refractivity contribution in [3.8, 4) is 0 Å². The summed E-state index contributed by atoms with van der Waals surface area (Å²) in [6.07, 6.45) is 5.10. The molecule has 156 valence electrons. The first-order valence-corrected chi connectivity index (χ1v) is 10.2. The molecule has 0 bridgehead atoms. The quantitative estimate of drug-likeness (QED) is 0.636. The van der Waals surface area contributed by atoms with Gasteiger partial charge < -0.3 is 25.3 Å². The molecule has 2 heterocycles. The number of anilines is 1. The number of amides is 1. The predicted octanol–water partition coefficient (Wildman–Crippen LogP) is 4.13. The van der Waals surface area contributed by atoms with Crippen molar-refractivity contribution in [3.05, 3.63) is 28.2 Å². The van der Waals surface area contributed by atoms with E-state index in [1.165, 1.54) is 0 Å². The number of rotatable bonds is 6. The van der Waals surface area contributed by atoms with E-state index in [9.17, 15) is 9.59 Å². The minimum absolute atomic E-state index is 0.215. The van der Waals surface area contributed by atoms with E-state index in [-0.39, 0.29) is 17.2 Å². The molecule has 0 saturated carbocycles. The maximum Gasteiger partial charge on any atom is 0.410 e. The minimum atomic E-state index is -0.506. The minimum Gasteiger partial charge on any atom is -0.444 e. The summed E-state index contributed by atoms with van der Waals surface area (Å²) < 4.78 is 5.48. The molecule has 2 rings (SSSR count). The molecule has 1 aliphatic rings. The normalized spacial score (nSPS) is 16.5. The van der Waals surface area contributed by atoms with Crippen molar-refractivity contribution < 1.29 is 9.53 Å². The van der Waals surface area contributed by atoms with Crippen molar-refractivity contribution in [1.82, 2.24) is 9.88 Å². The number of likely N-dealkylation sites (tertiary alicyclic amines) is 1. The summed E-state index contributed by atoms with van der Waals surface area (Å²) in [5.74, 6) is 0. The zero-order valence-electron chi connectivity index (χ0n) is 17.8. The van der Waals surface area contributed by atoms with Crippen LogP contribution in [0, 0.1) is 5.41 Å². The van der Waals surface area contributed by atoms with Crippen LogP contribution in [0.15, 0.2) is 17.1 Å². The first-order valence-electron chi connectivity index (χ1n) is 10.2. The van der Waals surface area contributed by atoms with Gasteiger partial charge in [0, 0.05) is 30.5 Å². The fourth-order valence-corrected chi connectivity index (χ4v) is 3.55. The van der Waals surface area contributed by atoms with Gasteiger partial charge in [0.2, 0.25) is 0 Å². The molecule has 0 atom stereocenters. The number of ether oxygens (including phenoxy) is 1. The van der Waals surface area contributed by atoms with E-state index in [1.807, 2.05) is 33.8 Å². The number of hydrogen-bond donors (Lipinski definition) is 3. The highest BCUT2D eigenvalue weighted by Gasteiger charge is 2.36. The smallest absolute Gasteiger partial charge is 0.410 e. The average Bonchev–Trinajstić information content (AvgIpc) is 2.61. The summed E-state index contributed by atoms with van der Waals surface area (Å²) in [6, 6.07) is 1.83. The molecule has 0 radical (unpaired) electrons. The Morgan fingerprint density at radius 3 is 2.50 bits per heavy atom. The fraction of sp³-hybridized carbons (Fsp3) is 0.667. The number of carbonyl (C=O) groups is 1. The van der Waals surface area contributed by atoms with E-state index in [1.54, 1.807) is 11.1 Å². The van der Waals surface area contributed by atoms with Gasteiger partial charge in [0.1, 0.15) is 5.60 Å². The lowest BCUT2D eigenvalue weighted by molar-refractivity contribution is 0.0176. The van der Waals surface area contributed by atoms with Gasteiger partial charge in [0.15, 0.2) is 0 Å². The lowest BCUT2D eigenvalue weighted by atomic mass is 9.84. The first-order chi connectivity index (χ1) is 13.1. The first kappa shape index (κ1) is 22.0. The fourth-order valence-electron chi connectivity index (χ4n) is 3.55. The van der Waals surface area contributed by atoms with Gasteiger partial charge in [-0.15, -0.1) is 0 Å². The number of hydrogen-bond acceptors (Lipinski definition) is 5. The van der Waals surface area contributed by atoms with Crippen molar-refractivity contribution in [2.24, 2.45) is 0 Å². The second kappa shape index (κ2) is 8.80. The number of pyridine rings is 1. The molecular formula is C21H34N4O3. The topological polar surface area (TPSA) is 98.3 Å². The van der Waals surface area contributed by atoms with Gasteiger partial charge in [-0.25, -0.2) is 4.79 Å². The largest absolute Gasteiger partial charge is 0.444 e. The molecule has 1 aromatic heterocycles. The zero-order chi connectivity index (χ0) is 20.9. The van der Waals surface area contributed by atoms with Gasteiger partial charge in [-0.3, -0.25) is 4.79 Å². The molecule has 0 spiro atoms. The van der Waals surface area contributed by atoms with Crippen LogP contribution in [0.3, 0.4) is 0 Å². The molecule has 0 aliphatic carbocycles. The molecule has 1 aliphatic heterocycles. The van der Waals surface area contributed by atoms with Crippen LogP contribution in [0.1, 0.15) is 72.3 Å². The molecule has 1 aromatic rings. The zero-order valence-corrected chi connectivity index (χ0v) is 17.8. The van der Waals surface area contributed by atoms with Crippen molar-refractivity contribution in [2.75, 3.05) is 18.4 Å². The number of nitrogens with zero attached hydrogens (tertiary/aromatic N) is 1. The van der Waals surface area contributed by atoms with Crippen LogP contribution >= 0.6 is 0 Å². The third-order valence-electron chi connectivity index (χ3n) is 5.21. The van der Waals surface area contributed by atoms with Crippen LogP contribution < -0.4 is 10.9 Å². The Morgan fingerprint density at radius 1 is 1.32 bits per heavy atom. The van der Waals surface area contributed by atoms with E-state index in [2.05, 4.69) is 17.2 Å². The summed E-state index contributed by atoms with van der Waals surface area (Å²) in [7, 11) is 0. The summed E-state index contributed by atoms with van der Waals surface area (Å²) in [5, 5.41) is 11.9. The lowest BCUT2D eigenvalue weighted by Crippen LogP contribution is -2.51. The SMILES string of the molecule is CCCC(=N)c1c(NC2(CC)CCN(C(=O)OC(C)(C)C)CC2)cc[nH]c1=O. The molecule has 7 nitrogen and oxygen atoms in total. The Hall–Kier alpha value is -2.31. The van der Waals surface area contributed by atoms with Crippen LogP contribution in [-0.4, -0.2) is 45.9 Å². The summed E-state index contributed by atoms with van der Waals surface area (Å²) in [5.41, 5.74) is 0.522. The Balaban J connectivity index is 2.16. The Kier molecular flexibility index (Phi) is 6.91. The molecule has 3 N–H and O–H groups in total. The van der Waals surface area contributed by atoms with E-state index in [0.717, 1.165) is 25.7 Å². The molecular weight excluding hydrogens is 356 g/mol. The number of aromatic nitrogens is 1. The van der Waals surface area contributed by atoms with Crippen molar-refractivity contribution in [2.45, 2.75) is 77.9 Å². The average molecular weight is 391 g/mol. The highest BCUT2D eigenvalue weighted by Crippen LogP contribution is 2.31. The maximum absolute atomic E-state index is 12.4. The van der Waals surface area contributed by atoms with Gasteiger partial charge in [-0.05, 0) is 52.5 Å². The predicted molar refractivity (Wildman–Crippen MR) is 112 cm³/mol. The monoisotopic (exact) mass is 390 g/mol. The summed E-state index contributed by atoms with van der Waals surface area (Å²) >= 11 is 0. The number of nitrogens with one attached hydrogen (secondary N) is 3. The van der Waals surface area contributed by atoms with Gasteiger partial charge in [0.05, 0.1) is 11.3 Å². The van der Waals surface area contributed by atoms with E-state index in [0.29, 0.717) is 36.5 Å². The molecule has 0 aromatic carbocycles. The third-order valence-corrected chi connectivity index (χ3v) is 5.21. The molecule has 28 heavy (non-hydrogen) atoms.